The first kappa shape index (κ1) is 9.51. The van der Waals surface area contributed by atoms with Gasteiger partial charge >= 0.3 is 0 Å². The fraction of sp³-hybridized carbons (Fsp3) is 0.200. The van der Waals surface area contributed by atoms with Gasteiger partial charge in [0.15, 0.2) is 0 Å². The van der Waals surface area contributed by atoms with Gasteiger partial charge in [-0.3, -0.25) is 5.10 Å². The van der Waals surface area contributed by atoms with Crippen molar-refractivity contribution in [2.24, 2.45) is 0 Å². The molecule has 0 amide bonds. The van der Waals surface area contributed by atoms with Gasteiger partial charge in [0.05, 0.1) is 25.5 Å². The van der Waals surface area contributed by atoms with Crippen LogP contribution in [-0.4, -0.2) is 22.3 Å². The van der Waals surface area contributed by atoms with Gasteiger partial charge in [0, 0.05) is 6.20 Å². The van der Waals surface area contributed by atoms with Gasteiger partial charge in [-0.1, -0.05) is 0 Å². The quantitative estimate of drug-likeness (QED) is 0.790. The summed E-state index contributed by atoms with van der Waals surface area (Å²) in [6.07, 6.45) is 3.40. The van der Waals surface area contributed by atoms with Gasteiger partial charge < -0.3 is 10.1 Å². The highest BCUT2D eigenvalue weighted by Gasteiger charge is 1.96. The zero-order valence-electron chi connectivity index (χ0n) is 8.40. The van der Waals surface area contributed by atoms with Gasteiger partial charge in [-0.05, 0) is 18.2 Å². The topological polar surface area (TPSA) is 62.8 Å². The van der Waals surface area contributed by atoms with Gasteiger partial charge in [0.1, 0.15) is 11.6 Å². The molecule has 0 fully saturated rings. The smallest absolute Gasteiger partial charge is 0.137 e. The summed E-state index contributed by atoms with van der Waals surface area (Å²) in [6, 6.07) is 5.65. The number of hydrogen-bond acceptors (Lipinski definition) is 4. The first-order valence-electron chi connectivity index (χ1n) is 4.60. The summed E-state index contributed by atoms with van der Waals surface area (Å²) in [4.78, 5) is 4.18. The van der Waals surface area contributed by atoms with Gasteiger partial charge in [0.2, 0.25) is 0 Å². The van der Waals surface area contributed by atoms with Crippen LogP contribution in [0.15, 0.2) is 30.6 Å². The maximum Gasteiger partial charge on any atom is 0.137 e. The number of nitrogens with one attached hydrogen (secondary N) is 2. The lowest BCUT2D eigenvalue weighted by Gasteiger charge is -2.04. The number of H-pyrrole nitrogens is 1. The predicted molar refractivity (Wildman–Crippen MR) is 56.7 cm³/mol. The molecule has 5 nitrogen and oxygen atoms in total. The molecule has 0 saturated carbocycles. The number of aromatic amines is 1. The van der Waals surface area contributed by atoms with Crippen molar-refractivity contribution in [2.45, 2.75) is 6.54 Å². The molecular weight excluding hydrogens is 192 g/mol. The van der Waals surface area contributed by atoms with Crippen LogP contribution in [0.3, 0.4) is 0 Å². The van der Waals surface area contributed by atoms with E-state index in [2.05, 4.69) is 20.5 Å². The number of pyridine rings is 1. The zero-order valence-corrected chi connectivity index (χ0v) is 8.40. The summed E-state index contributed by atoms with van der Waals surface area (Å²) >= 11 is 0. The Bertz CT molecular complexity index is 396. The molecule has 0 atom stereocenters. The zero-order chi connectivity index (χ0) is 10.5. The molecule has 0 aliphatic heterocycles. The molecule has 2 aromatic rings. The number of anilines is 1. The van der Waals surface area contributed by atoms with E-state index in [4.69, 9.17) is 4.74 Å². The molecule has 0 aromatic carbocycles. The van der Waals surface area contributed by atoms with Gasteiger partial charge in [-0.25, -0.2) is 4.98 Å². The van der Waals surface area contributed by atoms with Gasteiger partial charge in [-0.15, -0.1) is 0 Å². The van der Waals surface area contributed by atoms with Crippen molar-refractivity contribution in [3.05, 3.63) is 36.3 Å². The Morgan fingerprint density at radius 1 is 1.40 bits per heavy atom. The SMILES string of the molecule is COc1ccc(NCc2ccn[nH]2)nc1. The molecule has 15 heavy (non-hydrogen) atoms. The second-order valence-electron chi connectivity index (χ2n) is 3.02. The number of ether oxygens (including phenoxy) is 1. The summed E-state index contributed by atoms with van der Waals surface area (Å²) in [7, 11) is 1.62. The van der Waals surface area contributed by atoms with Crippen molar-refractivity contribution in [1.82, 2.24) is 15.2 Å². The van der Waals surface area contributed by atoms with Crippen LogP contribution < -0.4 is 10.1 Å². The summed E-state index contributed by atoms with van der Waals surface area (Å²) in [5.41, 5.74) is 1.02. The van der Waals surface area contributed by atoms with Crippen LogP contribution in [0.5, 0.6) is 5.75 Å². The third-order valence-corrected chi connectivity index (χ3v) is 1.99. The second kappa shape index (κ2) is 4.45. The minimum absolute atomic E-state index is 0.680. The maximum absolute atomic E-state index is 5.01. The molecule has 2 N–H and O–H groups in total. The molecule has 78 valence electrons. The molecule has 2 heterocycles. The van der Waals surface area contributed by atoms with Crippen LogP contribution in [0.1, 0.15) is 5.69 Å². The van der Waals surface area contributed by atoms with Crippen LogP contribution in [-0.2, 0) is 6.54 Å². The number of methoxy groups -OCH3 is 1. The average Bonchev–Trinajstić information content (AvgIpc) is 2.80. The molecule has 0 radical (unpaired) electrons. The summed E-state index contributed by atoms with van der Waals surface area (Å²) in [5, 5.41) is 9.88. The summed E-state index contributed by atoms with van der Waals surface area (Å²) in [6.45, 7) is 0.680. The monoisotopic (exact) mass is 204 g/mol. The minimum Gasteiger partial charge on any atom is -0.495 e. The van der Waals surface area contributed by atoms with Gasteiger partial charge in [0.25, 0.3) is 0 Å². The van der Waals surface area contributed by atoms with E-state index in [1.165, 1.54) is 0 Å². The average molecular weight is 204 g/mol. The second-order valence-corrected chi connectivity index (χ2v) is 3.02. The summed E-state index contributed by atoms with van der Waals surface area (Å²) < 4.78 is 5.01. The highest BCUT2D eigenvalue weighted by atomic mass is 16.5. The third-order valence-electron chi connectivity index (χ3n) is 1.99. The van der Waals surface area contributed by atoms with Crippen molar-refractivity contribution < 1.29 is 4.74 Å². The molecule has 0 spiro atoms. The van der Waals surface area contributed by atoms with E-state index in [1.807, 2.05) is 18.2 Å². The van der Waals surface area contributed by atoms with Crippen molar-refractivity contribution in [2.75, 3.05) is 12.4 Å². The lowest BCUT2D eigenvalue weighted by Crippen LogP contribution is -2.01. The fourth-order valence-electron chi connectivity index (χ4n) is 1.17. The predicted octanol–water partition coefficient (Wildman–Crippen LogP) is 1.43. The lowest BCUT2D eigenvalue weighted by molar-refractivity contribution is 0.413. The number of hydrogen-bond donors (Lipinski definition) is 2. The maximum atomic E-state index is 5.01. The number of nitrogens with zero attached hydrogens (tertiary/aromatic N) is 2. The van der Waals surface area contributed by atoms with Crippen LogP contribution >= 0.6 is 0 Å². The van der Waals surface area contributed by atoms with E-state index in [9.17, 15) is 0 Å². The lowest BCUT2D eigenvalue weighted by atomic mass is 10.4. The van der Waals surface area contributed by atoms with Crippen LogP contribution in [0.25, 0.3) is 0 Å². The standard InChI is InChI=1S/C10H12N4O/c1-15-9-2-3-10(12-7-9)11-6-8-4-5-13-14-8/h2-5,7H,6H2,1H3,(H,11,12)(H,13,14). The Kier molecular flexibility index (Phi) is 2.82. The Hall–Kier alpha value is -2.04. The van der Waals surface area contributed by atoms with Crippen molar-refractivity contribution in [1.29, 1.82) is 0 Å². The molecule has 0 bridgehead atoms. The molecule has 2 rings (SSSR count). The van der Waals surface area contributed by atoms with Crippen molar-refractivity contribution >= 4 is 5.82 Å². The molecule has 0 aliphatic carbocycles. The van der Waals surface area contributed by atoms with E-state index in [1.54, 1.807) is 19.5 Å². The summed E-state index contributed by atoms with van der Waals surface area (Å²) in [5.74, 6) is 1.56. The Labute approximate surface area is 87.5 Å². The van der Waals surface area contributed by atoms with E-state index in [0.717, 1.165) is 17.3 Å². The van der Waals surface area contributed by atoms with Crippen LogP contribution in [0.2, 0.25) is 0 Å². The highest BCUT2D eigenvalue weighted by Crippen LogP contribution is 2.11. The Morgan fingerprint density at radius 2 is 2.33 bits per heavy atom. The van der Waals surface area contributed by atoms with Crippen molar-refractivity contribution in [3.63, 3.8) is 0 Å². The molecule has 0 unspecified atom stereocenters. The molecule has 5 heteroatoms. The van der Waals surface area contributed by atoms with Crippen LogP contribution in [0.4, 0.5) is 5.82 Å². The Balaban J connectivity index is 1.93. The third kappa shape index (κ3) is 2.46. The largest absolute Gasteiger partial charge is 0.495 e. The normalized spacial score (nSPS) is 9.93. The molecule has 0 aliphatic rings. The first-order chi connectivity index (χ1) is 7.38. The highest BCUT2D eigenvalue weighted by molar-refractivity contribution is 5.37. The van der Waals surface area contributed by atoms with E-state index >= 15 is 0 Å². The van der Waals surface area contributed by atoms with E-state index in [-0.39, 0.29) is 0 Å². The minimum atomic E-state index is 0.680. The van der Waals surface area contributed by atoms with E-state index in [0.29, 0.717) is 6.54 Å². The molecule has 2 aromatic heterocycles. The first-order valence-corrected chi connectivity index (χ1v) is 4.60. The Morgan fingerprint density at radius 3 is 2.93 bits per heavy atom. The number of aromatic nitrogens is 3. The van der Waals surface area contributed by atoms with Crippen LogP contribution in [0, 0.1) is 0 Å². The number of rotatable bonds is 4. The van der Waals surface area contributed by atoms with Crippen molar-refractivity contribution in [3.8, 4) is 5.75 Å². The fourth-order valence-corrected chi connectivity index (χ4v) is 1.17. The molecule has 0 saturated heterocycles. The molecular formula is C10H12N4O. The van der Waals surface area contributed by atoms with E-state index < -0.39 is 0 Å². The van der Waals surface area contributed by atoms with Gasteiger partial charge in [-0.2, -0.15) is 5.10 Å².